The van der Waals surface area contributed by atoms with Crippen LogP contribution in [-0.2, 0) is 0 Å². The molecule has 0 spiro atoms. The van der Waals surface area contributed by atoms with E-state index in [1.54, 1.807) is 31.3 Å². The van der Waals surface area contributed by atoms with E-state index >= 15 is 0 Å². The molecule has 0 saturated heterocycles. The molecule has 2 aromatic heterocycles. The van der Waals surface area contributed by atoms with Crippen molar-refractivity contribution in [3.63, 3.8) is 0 Å². The Morgan fingerprint density at radius 2 is 1.81 bits per heavy atom. The minimum absolute atomic E-state index is 0.165. The highest BCUT2D eigenvalue weighted by Gasteiger charge is 2.22. The molecule has 2 aromatic carbocycles. The Labute approximate surface area is 149 Å². The second kappa shape index (κ2) is 6.33. The van der Waals surface area contributed by atoms with Crippen LogP contribution in [0.3, 0.4) is 0 Å². The molecule has 0 aliphatic heterocycles. The van der Waals surface area contributed by atoms with Gasteiger partial charge in [-0.05, 0) is 37.3 Å². The first kappa shape index (κ1) is 15.8. The first-order valence-corrected chi connectivity index (χ1v) is 8.11. The lowest BCUT2D eigenvalue weighted by Gasteiger charge is -2.06. The van der Waals surface area contributed by atoms with Gasteiger partial charge in [0.1, 0.15) is 0 Å². The van der Waals surface area contributed by atoms with Crippen LogP contribution < -0.4 is 5.73 Å². The van der Waals surface area contributed by atoms with Crippen LogP contribution in [0.2, 0.25) is 0 Å². The maximum absolute atomic E-state index is 13.0. The molecule has 0 aliphatic carbocycles. The van der Waals surface area contributed by atoms with Crippen molar-refractivity contribution >= 4 is 11.6 Å². The smallest absolute Gasteiger partial charge is 0.316 e. The van der Waals surface area contributed by atoms with Crippen molar-refractivity contribution in [2.75, 3.05) is 5.73 Å². The van der Waals surface area contributed by atoms with Gasteiger partial charge in [0.15, 0.2) is 0 Å². The van der Waals surface area contributed by atoms with Crippen LogP contribution in [0.5, 0.6) is 0 Å². The quantitative estimate of drug-likeness (QED) is 0.571. The third-order valence-electron chi connectivity index (χ3n) is 4.03. The average Bonchev–Trinajstić information content (AvgIpc) is 3.29. The molecule has 0 fully saturated rings. The summed E-state index contributed by atoms with van der Waals surface area (Å²) in [5.74, 6) is 0.196. The third kappa shape index (κ3) is 2.77. The highest BCUT2D eigenvalue weighted by molar-refractivity contribution is 5.96. The second-order valence-electron chi connectivity index (χ2n) is 5.86. The molecule has 128 valence electrons. The average molecular weight is 344 g/mol. The Morgan fingerprint density at radius 3 is 2.58 bits per heavy atom. The van der Waals surface area contributed by atoms with E-state index in [2.05, 4.69) is 10.1 Å². The Bertz CT molecular complexity index is 1080. The van der Waals surface area contributed by atoms with E-state index in [1.807, 2.05) is 42.5 Å². The highest BCUT2D eigenvalue weighted by atomic mass is 16.4. The van der Waals surface area contributed by atoms with Gasteiger partial charge >= 0.3 is 5.91 Å². The maximum Gasteiger partial charge on any atom is 0.316 e. The lowest BCUT2D eigenvalue weighted by Crippen LogP contribution is -2.15. The SMILES string of the molecule is Cc1nc(-c2ccccc2)oc1C(=O)n1nccc1-c1cccc(N)c1. The number of benzene rings is 2. The molecule has 4 aromatic rings. The van der Waals surface area contributed by atoms with Crippen LogP contribution in [-0.4, -0.2) is 20.7 Å². The number of carbonyl (C=O) groups excluding carboxylic acids is 1. The lowest BCUT2D eigenvalue weighted by molar-refractivity contribution is 0.0919. The molecule has 0 radical (unpaired) electrons. The zero-order valence-corrected chi connectivity index (χ0v) is 14.1. The van der Waals surface area contributed by atoms with Gasteiger partial charge in [0.05, 0.1) is 17.6 Å². The molecule has 0 saturated carbocycles. The van der Waals surface area contributed by atoms with E-state index in [-0.39, 0.29) is 11.7 Å². The molecule has 0 bridgehead atoms. The molecule has 2 heterocycles. The third-order valence-corrected chi connectivity index (χ3v) is 4.03. The van der Waals surface area contributed by atoms with E-state index in [4.69, 9.17) is 10.2 Å². The zero-order chi connectivity index (χ0) is 18.1. The number of nitrogens with zero attached hydrogens (tertiary/aromatic N) is 3. The van der Waals surface area contributed by atoms with Crippen LogP contribution >= 0.6 is 0 Å². The van der Waals surface area contributed by atoms with Gasteiger partial charge in [-0.2, -0.15) is 9.78 Å². The minimum atomic E-state index is -0.375. The summed E-state index contributed by atoms with van der Waals surface area (Å²) in [6.07, 6.45) is 1.57. The zero-order valence-electron chi connectivity index (χ0n) is 14.1. The number of hydrogen-bond acceptors (Lipinski definition) is 5. The first-order chi connectivity index (χ1) is 12.6. The van der Waals surface area contributed by atoms with Crippen LogP contribution in [0.25, 0.3) is 22.7 Å². The number of nitrogen functional groups attached to an aromatic ring is 1. The van der Waals surface area contributed by atoms with Gasteiger partial charge in [-0.3, -0.25) is 4.79 Å². The number of anilines is 1. The monoisotopic (exact) mass is 344 g/mol. The number of aromatic nitrogens is 3. The number of nitrogens with two attached hydrogens (primary N) is 1. The Morgan fingerprint density at radius 1 is 1.04 bits per heavy atom. The summed E-state index contributed by atoms with van der Waals surface area (Å²) in [5, 5.41) is 4.16. The summed E-state index contributed by atoms with van der Waals surface area (Å²) in [4.78, 5) is 17.4. The number of hydrogen-bond donors (Lipinski definition) is 1. The van der Waals surface area contributed by atoms with E-state index in [0.29, 0.717) is 23.0 Å². The van der Waals surface area contributed by atoms with Crippen molar-refractivity contribution in [2.24, 2.45) is 0 Å². The van der Waals surface area contributed by atoms with E-state index in [1.165, 1.54) is 4.68 Å². The molecule has 0 unspecified atom stereocenters. The second-order valence-corrected chi connectivity index (χ2v) is 5.86. The Kier molecular flexibility index (Phi) is 3.85. The summed E-state index contributed by atoms with van der Waals surface area (Å²) >= 11 is 0. The normalized spacial score (nSPS) is 10.8. The van der Waals surface area contributed by atoms with Crippen LogP contribution in [0, 0.1) is 6.92 Å². The van der Waals surface area contributed by atoms with Gasteiger partial charge in [-0.15, -0.1) is 0 Å². The fraction of sp³-hybridized carbons (Fsp3) is 0.0500. The molecule has 26 heavy (non-hydrogen) atoms. The fourth-order valence-corrected chi connectivity index (χ4v) is 2.78. The molecule has 0 atom stereocenters. The van der Waals surface area contributed by atoms with Crippen molar-refractivity contribution in [2.45, 2.75) is 6.92 Å². The molecule has 6 nitrogen and oxygen atoms in total. The van der Waals surface area contributed by atoms with Gasteiger partial charge in [0.2, 0.25) is 11.7 Å². The molecule has 2 N–H and O–H groups in total. The van der Waals surface area contributed by atoms with Crippen molar-refractivity contribution in [1.82, 2.24) is 14.8 Å². The summed E-state index contributed by atoms with van der Waals surface area (Å²) in [6, 6.07) is 18.5. The number of oxazole rings is 1. The van der Waals surface area contributed by atoms with Gasteiger partial charge in [-0.1, -0.05) is 30.3 Å². The molecular weight excluding hydrogens is 328 g/mol. The summed E-state index contributed by atoms with van der Waals surface area (Å²) < 4.78 is 7.06. The van der Waals surface area contributed by atoms with E-state index in [9.17, 15) is 4.79 Å². The largest absolute Gasteiger partial charge is 0.431 e. The van der Waals surface area contributed by atoms with Gasteiger partial charge in [0.25, 0.3) is 0 Å². The van der Waals surface area contributed by atoms with E-state index in [0.717, 1.165) is 11.1 Å². The highest BCUT2D eigenvalue weighted by Crippen LogP contribution is 2.25. The first-order valence-electron chi connectivity index (χ1n) is 8.11. The maximum atomic E-state index is 13.0. The van der Waals surface area contributed by atoms with Crippen molar-refractivity contribution in [3.8, 4) is 22.7 Å². The number of carbonyl (C=O) groups is 1. The molecule has 4 rings (SSSR count). The van der Waals surface area contributed by atoms with Gasteiger partial charge in [0, 0.05) is 16.8 Å². The topological polar surface area (TPSA) is 86.9 Å². The standard InChI is InChI=1S/C20H16N4O2/c1-13-18(26-19(23-13)14-6-3-2-4-7-14)20(25)24-17(10-11-22-24)15-8-5-9-16(21)12-15/h2-12H,21H2,1H3. The van der Waals surface area contributed by atoms with Crippen LogP contribution in [0.15, 0.2) is 71.3 Å². The molecular formula is C20H16N4O2. The van der Waals surface area contributed by atoms with Gasteiger partial charge < -0.3 is 10.2 Å². The lowest BCUT2D eigenvalue weighted by atomic mass is 10.1. The Balaban J connectivity index is 1.74. The summed E-state index contributed by atoms with van der Waals surface area (Å²) in [6.45, 7) is 1.74. The van der Waals surface area contributed by atoms with Crippen molar-refractivity contribution < 1.29 is 9.21 Å². The summed E-state index contributed by atoms with van der Waals surface area (Å²) in [5.41, 5.74) is 9.23. The van der Waals surface area contributed by atoms with E-state index < -0.39 is 0 Å². The predicted molar refractivity (Wildman–Crippen MR) is 98.5 cm³/mol. The fourth-order valence-electron chi connectivity index (χ4n) is 2.78. The molecule has 0 amide bonds. The van der Waals surface area contributed by atoms with Crippen molar-refractivity contribution in [1.29, 1.82) is 0 Å². The number of aryl methyl sites for hydroxylation is 1. The minimum Gasteiger partial charge on any atom is -0.431 e. The van der Waals surface area contributed by atoms with Crippen molar-refractivity contribution in [3.05, 3.63) is 78.3 Å². The van der Waals surface area contributed by atoms with Crippen LogP contribution in [0.1, 0.15) is 16.2 Å². The Hall–Kier alpha value is -3.67. The summed E-state index contributed by atoms with van der Waals surface area (Å²) in [7, 11) is 0. The van der Waals surface area contributed by atoms with Gasteiger partial charge in [-0.25, -0.2) is 4.98 Å². The predicted octanol–water partition coefficient (Wildman–Crippen LogP) is 3.78. The van der Waals surface area contributed by atoms with Crippen LogP contribution in [0.4, 0.5) is 5.69 Å². The number of rotatable bonds is 3. The molecule has 6 heteroatoms. The molecule has 0 aliphatic rings.